The molecule has 0 aromatic heterocycles. The molecule has 17 heavy (non-hydrogen) atoms. The van der Waals surface area contributed by atoms with E-state index in [0.29, 0.717) is 12.1 Å². The Labute approximate surface area is 101 Å². The minimum Gasteiger partial charge on any atom is -0.398 e. The van der Waals surface area contributed by atoms with E-state index in [1.54, 1.807) is 0 Å². The molecule has 0 bridgehead atoms. The molecule has 2 rings (SSSR count). The zero-order valence-electron chi connectivity index (χ0n) is 9.64. The summed E-state index contributed by atoms with van der Waals surface area (Å²) >= 11 is 0. The second-order valence-corrected chi connectivity index (χ2v) is 4.29. The summed E-state index contributed by atoms with van der Waals surface area (Å²) in [4.78, 5) is 0. The Hall–Kier alpha value is -1.84. The van der Waals surface area contributed by atoms with Gasteiger partial charge in [-0.25, -0.2) is 0 Å². The number of hydrogen-bond donors (Lipinski definition) is 3. The van der Waals surface area contributed by atoms with Gasteiger partial charge in [-0.15, -0.1) is 0 Å². The number of benzene rings is 2. The molecule has 0 saturated heterocycles. The van der Waals surface area contributed by atoms with Gasteiger partial charge >= 0.3 is 0 Å². The summed E-state index contributed by atoms with van der Waals surface area (Å²) in [6.07, 6.45) is 0.558. The fourth-order valence-electron chi connectivity index (χ4n) is 1.95. The van der Waals surface area contributed by atoms with Crippen LogP contribution in [0.2, 0.25) is 0 Å². The van der Waals surface area contributed by atoms with E-state index in [0.717, 1.165) is 11.1 Å². The van der Waals surface area contributed by atoms with Gasteiger partial charge in [-0.2, -0.15) is 0 Å². The number of rotatable bonds is 3. The summed E-state index contributed by atoms with van der Waals surface area (Å²) in [5.41, 5.74) is 19.8. The monoisotopic (exact) mass is 227 g/mol. The topological polar surface area (TPSA) is 78.1 Å². The quantitative estimate of drug-likeness (QED) is 0.550. The van der Waals surface area contributed by atoms with E-state index < -0.39 is 5.66 Å². The lowest BCUT2D eigenvalue weighted by atomic mass is 9.92. The van der Waals surface area contributed by atoms with Crippen molar-refractivity contribution in [3.63, 3.8) is 0 Å². The van der Waals surface area contributed by atoms with Crippen LogP contribution in [0.5, 0.6) is 0 Å². The Balaban J connectivity index is 2.28. The molecule has 0 fully saturated rings. The molecule has 0 aliphatic carbocycles. The van der Waals surface area contributed by atoms with Crippen LogP contribution < -0.4 is 17.2 Å². The van der Waals surface area contributed by atoms with Crippen LogP contribution in [0.4, 0.5) is 5.69 Å². The Morgan fingerprint density at radius 2 is 1.41 bits per heavy atom. The van der Waals surface area contributed by atoms with Gasteiger partial charge in [0.1, 0.15) is 0 Å². The highest BCUT2D eigenvalue weighted by molar-refractivity contribution is 5.50. The smallest absolute Gasteiger partial charge is 0.0960 e. The molecule has 0 spiro atoms. The third-order valence-corrected chi connectivity index (χ3v) is 2.80. The Bertz CT molecular complexity index is 492. The van der Waals surface area contributed by atoms with Crippen LogP contribution in [0.3, 0.4) is 0 Å². The first-order valence-corrected chi connectivity index (χ1v) is 5.56. The van der Waals surface area contributed by atoms with Crippen molar-refractivity contribution in [1.29, 1.82) is 0 Å². The van der Waals surface area contributed by atoms with Gasteiger partial charge in [0, 0.05) is 17.7 Å². The van der Waals surface area contributed by atoms with Crippen molar-refractivity contribution in [2.75, 3.05) is 5.73 Å². The van der Waals surface area contributed by atoms with Crippen LogP contribution in [-0.4, -0.2) is 0 Å². The highest BCUT2D eigenvalue weighted by Crippen LogP contribution is 2.23. The highest BCUT2D eigenvalue weighted by Gasteiger charge is 2.24. The zero-order valence-corrected chi connectivity index (χ0v) is 9.64. The fraction of sp³-hybridized carbons (Fsp3) is 0.143. The molecular weight excluding hydrogens is 210 g/mol. The largest absolute Gasteiger partial charge is 0.398 e. The molecule has 0 heterocycles. The lowest BCUT2D eigenvalue weighted by Gasteiger charge is -2.26. The van der Waals surface area contributed by atoms with Crippen molar-refractivity contribution in [3.8, 4) is 0 Å². The van der Waals surface area contributed by atoms with Gasteiger partial charge < -0.3 is 17.2 Å². The Morgan fingerprint density at radius 3 is 2.06 bits per heavy atom. The molecular formula is C14H17N3. The van der Waals surface area contributed by atoms with Crippen molar-refractivity contribution in [1.82, 2.24) is 0 Å². The maximum absolute atomic E-state index is 6.17. The summed E-state index contributed by atoms with van der Waals surface area (Å²) in [6.45, 7) is 0. The third-order valence-electron chi connectivity index (χ3n) is 2.80. The van der Waals surface area contributed by atoms with Gasteiger partial charge in [-0.05, 0) is 11.6 Å². The van der Waals surface area contributed by atoms with E-state index >= 15 is 0 Å². The van der Waals surface area contributed by atoms with E-state index in [4.69, 9.17) is 17.2 Å². The predicted molar refractivity (Wildman–Crippen MR) is 71.1 cm³/mol. The van der Waals surface area contributed by atoms with Crippen LogP contribution >= 0.6 is 0 Å². The lowest BCUT2D eigenvalue weighted by molar-refractivity contribution is 0.463. The van der Waals surface area contributed by atoms with Gasteiger partial charge in [-0.3, -0.25) is 0 Å². The number of para-hydroxylation sites is 1. The summed E-state index contributed by atoms with van der Waals surface area (Å²) in [6, 6.07) is 17.4. The minimum atomic E-state index is -0.938. The first kappa shape index (κ1) is 11.6. The van der Waals surface area contributed by atoms with Crippen molar-refractivity contribution in [2.24, 2.45) is 11.5 Å². The highest BCUT2D eigenvalue weighted by atomic mass is 15.0. The van der Waals surface area contributed by atoms with Crippen molar-refractivity contribution >= 4 is 5.69 Å². The molecule has 0 aliphatic heterocycles. The molecule has 2 aromatic rings. The molecule has 0 unspecified atom stereocenters. The molecule has 0 radical (unpaired) electrons. The van der Waals surface area contributed by atoms with E-state index in [2.05, 4.69) is 0 Å². The molecule has 0 saturated carbocycles. The number of hydrogen-bond acceptors (Lipinski definition) is 3. The van der Waals surface area contributed by atoms with E-state index in [-0.39, 0.29) is 0 Å². The van der Waals surface area contributed by atoms with Crippen LogP contribution in [0.25, 0.3) is 0 Å². The maximum Gasteiger partial charge on any atom is 0.0960 e. The molecule has 6 N–H and O–H groups in total. The van der Waals surface area contributed by atoms with Gasteiger partial charge in [0.25, 0.3) is 0 Å². The van der Waals surface area contributed by atoms with Gasteiger partial charge in [0.2, 0.25) is 0 Å². The van der Waals surface area contributed by atoms with Crippen molar-refractivity contribution in [3.05, 3.63) is 65.7 Å². The summed E-state index contributed by atoms with van der Waals surface area (Å²) in [7, 11) is 0. The second-order valence-electron chi connectivity index (χ2n) is 4.29. The first-order chi connectivity index (χ1) is 8.09. The van der Waals surface area contributed by atoms with Gasteiger partial charge in [0.05, 0.1) is 5.66 Å². The average Bonchev–Trinajstić information content (AvgIpc) is 2.30. The standard InChI is InChI=1S/C14H17N3/c15-13-9-5-4-8-12(13)14(16,17)10-11-6-2-1-3-7-11/h1-9H,10,15-17H2. The SMILES string of the molecule is Nc1ccccc1C(N)(N)Cc1ccccc1. The predicted octanol–water partition coefficient (Wildman–Crippen LogP) is 1.58. The molecule has 3 nitrogen and oxygen atoms in total. The zero-order chi connectivity index (χ0) is 12.3. The fourth-order valence-corrected chi connectivity index (χ4v) is 1.95. The molecule has 2 aromatic carbocycles. The van der Waals surface area contributed by atoms with Crippen LogP contribution in [-0.2, 0) is 12.1 Å². The number of nitrogens with two attached hydrogens (primary N) is 3. The summed E-state index contributed by atoms with van der Waals surface area (Å²) < 4.78 is 0. The van der Waals surface area contributed by atoms with Crippen LogP contribution in [0.15, 0.2) is 54.6 Å². The molecule has 0 atom stereocenters. The molecule has 3 heteroatoms. The molecule has 0 amide bonds. The molecule has 88 valence electrons. The van der Waals surface area contributed by atoms with Gasteiger partial charge in [-0.1, -0.05) is 48.5 Å². The van der Waals surface area contributed by atoms with Crippen LogP contribution in [0.1, 0.15) is 11.1 Å². The van der Waals surface area contributed by atoms with Crippen LogP contribution in [0, 0.1) is 0 Å². The Morgan fingerprint density at radius 1 is 0.824 bits per heavy atom. The second kappa shape index (κ2) is 4.57. The number of nitrogen functional groups attached to an aromatic ring is 1. The van der Waals surface area contributed by atoms with Crippen molar-refractivity contribution in [2.45, 2.75) is 12.1 Å². The Kier molecular flexibility index (Phi) is 3.13. The first-order valence-electron chi connectivity index (χ1n) is 5.56. The average molecular weight is 227 g/mol. The maximum atomic E-state index is 6.17. The molecule has 0 aliphatic rings. The van der Waals surface area contributed by atoms with E-state index in [1.807, 2.05) is 54.6 Å². The van der Waals surface area contributed by atoms with E-state index in [9.17, 15) is 0 Å². The third kappa shape index (κ3) is 2.64. The normalized spacial score (nSPS) is 11.4. The van der Waals surface area contributed by atoms with E-state index in [1.165, 1.54) is 0 Å². The van der Waals surface area contributed by atoms with Crippen molar-refractivity contribution < 1.29 is 0 Å². The lowest BCUT2D eigenvalue weighted by Crippen LogP contribution is -2.48. The number of anilines is 1. The van der Waals surface area contributed by atoms with Gasteiger partial charge in [0.15, 0.2) is 0 Å². The summed E-state index contributed by atoms with van der Waals surface area (Å²) in [5, 5.41) is 0. The minimum absolute atomic E-state index is 0.558. The summed E-state index contributed by atoms with van der Waals surface area (Å²) in [5.74, 6) is 0.